The summed E-state index contributed by atoms with van der Waals surface area (Å²) in [6.07, 6.45) is 1.63. The highest BCUT2D eigenvalue weighted by Gasteiger charge is 2.08. The van der Waals surface area contributed by atoms with Gasteiger partial charge in [0.05, 0.1) is 6.21 Å². The fourth-order valence-corrected chi connectivity index (χ4v) is 0.951. The summed E-state index contributed by atoms with van der Waals surface area (Å²) in [5.74, 6) is -0.417. The average molecular weight is 200 g/mol. The van der Waals surface area contributed by atoms with Gasteiger partial charge in [0.15, 0.2) is 5.78 Å². The first-order valence-electron chi connectivity index (χ1n) is 4.41. The summed E-state index contributed by atoms with van der Waals surface area (Å²) >= 11 is 0. The summed E-state index contributed by atoms with van der Waals surface area (Å²) in [5, 5.41) is 9.35. The highest BCUT2D eigenvalue weighted by atomic mass is 16.5. The number of ketones is 1. The van der Waals surface area contributed by atoms with E-state index in [1.165, 1.54) is 7.11 Å². The number of nitrogens with one attached hydrogen (secondary N) is 2. The number of carbonyl (C=O) groups excluding carboxylic acids is 2. The SMILES string of the molecule is COCC(=O)NC(C)CCC(=O)C=N. The molecule has 1 amide bonds. The molecule has 2 N–H and O–H groups in total. The fraction of sp³-hybridized carbons (Fsp3) is 0.667. The van der Waals surface area contributed by atoms with Crippen molar-refractivity contribution in [2.75, 3.05) is 13.7 Å². The van der Waals surface area contributed by atoms with Gasteiger partial charge in [-0.15, -0.1) is 0 Å². The lowest BCUT2D eigenvalue weighted by Crippen LogP contribution is -2.35. The molecule has 0 heterocycles. The second-order valence-corrected chi connectivity index (χ2v) is 3.05. The molecule has 5 heteroatoms. The molecule has 0 aliphatic rings. The van der Waals surface area contributed by atoms with Crippen LogP contribution in [-0.4, -0.2) is 37.7 Å². The van der Waals surface area contributed by atoms with Crippen LogP contribution in [0, 0.1) is 5.41 Å². The number of rotatable bonds is 7. The lowest BCUT2D eigenvalue weighted by atomic mass is 10.1. The molecule has 0 aliphatic heterocycles. The standard InChI is InChI=1S/C9H16N2O3/c1-7(3-4-8(12)5-10)11-9(13)6-14-2/h5,7,10H,3-4,6H2,1-2H3,(H,11,13). The molecule has 0 saturated heterocycles. The van der Waals surface area contributed by atoms with E-state index in [-0.39, 0.29) is 30.8 Å². The summed E-state index contributed by atoms with van der Waals surface area (Å²) in [4.78, 5) is 21.7. The molecule has 80 valence electrons. The van der Waals surface area contributed by atoms with Crippen molar-refractivity contribution >= 4 is 17.9 Å². The van der Waals surface area contributed by atoms with E-state index in [2.05, 4.69) is 10.1 Å². The molecule has 14 heavy (non-hydrogen) atoms. The van der Waals surface area contributed by atoms with Crippen LogP contribution in [0.4, 0.5) is 0 Å². The third-order valence-electron chi connectivity index (χ3n) is 1.67. The first-order chi connectivity index (χ1) is 6.60. The van der Waals surface area contributed by atoms with Crippen LogP contribution < -0.4 is 5.32 Å². The number of hydrogen-bond donors (Lipinski definition) is 2. The Labute approximate surface area is 83.3 Å². The van der Waals surface area contributed by atoms with Gasteiger partial charge >= 0.3 is 0 Å². The number of ether oxygens (including phenoxy) is 1. The fourth-order valence-electron chi connectivity index (χ4n) is 0.951. The maximum atomic E-state index is 11.0. The van der Waals surface area contributed by atoms with Crippen molar-refractivity contribution in [2.24, 2.45) is 0 Å². The molecule has 0 bridgehead atoms. The smallest absolute Gasteiger partial charge is 0.246 e. The Morgan fingerprint density at radius 2 is 2.21 bits per heavy atom. The summed E-state index contributed by atoms with van der Waals surface area (Å²) in [6.45, 7) is 1.84. The van der Waals surface area contributed by atoms with Gasteiger partial charge in [0.2, 0.25) is 5.91 Å². The van der Waals surface area contributed by atoms with Gasteiger partial charge in [0.25, 0.3) is 0 Å². The first kappa shape index (κ1) is 12.8. The molecule has 0 rings (SSSR count). The molecule has 0 aromatic rings. The van der Waals surface area contributed by atoms with Gasteiger partial charge in [0, 0.05) is 19.6 Å². The number of Topliss-reactive ketones (excluding diaryl/α,β-unsaturated/α-hetero) is 1. The van der Waals surface area contributed by atoms with Gasteiger partial charge in [-0.2, -0.15) is 0 Å². The van der Waals surface area contributed by atoms with Gasteiger partial charge in [0.1, 0.15) is 6.61 Å². The molecule has 0 radical (unpaired) electrons. The van der Waals surface area contributed by atoms with E-state index in [1.807, 2.05) is 6.92 Å². The van der Waals surface area contributed by atoms with Crippen molar-refractivity contribution in [3.05, 3.63) is 0 Å². The number of amides is 1. The van der Waals surface area contributed by atoms with Crippen LogP contribution in [-0.2, 0) is 14.3 Å². The maximum Gasteiger partial charge on any atom is 0.246 e. The minimum Gasteiger partial charge on any atom is -0.375 e. The molecular formula is C9H16N2O3. The van der Waals surface area contributed by atoms with Crippen LogP contribution in [0.15, 0.2) is 0 Å². The zero-order chi connectivity index (χ0) is 11.0. The number of carbonyl (C=O) groups is 2. The molecule has 1 unspecified atom stereocenters. The molecule has 0 aromatic carbocycles. The Kier molecular flexibility index (Phi) is 6.57. The van der Waals surface area contributed by atoms with Crippen molar-refractivity contribution in [1.29, 1.82) is 5.41 Å². The van der Waals surface area contributed by atoms with Gasteiger partial charge < -0.3 is 15.5 Å². The minimum atomic E-state index is -0.224. The lowest BCUT2D eigenvalue weighted by molar-refractivity contribution is -0.125. The van der Waals surface area contributed by atoms with E-state index in [4.69, 9.17) is 5.41 Å². The quantitative estimate of drug-likeness (QED) is 0.573. The lowest BCUT2D eigenvalue weighted by Gasteiger charge is -2.12. The molecule has 0 aliphatic carbocycles. The van der Waals surface area contributed by atoms with Crippen LogP contribution in [0.3, 0.4) is 0 Å². The van der Waals surface area contributed by atoms with Crippen molar-refractivity contribution in [3.8, 4) is 0 Å². The third-order valence-corrected chi connectivity index (χ3v) is 1.67. The van der Waals surface area contributed by atoms with Gasteiger partial charge in [-0.1, -0.05) is 0 Å². The predicted octanol–water partition coefficient (Wildman–Crippen LogP) is 0.136. The molecule has 1 atom stereocenters. The van der Waals surface area contributed by atoms with E-state index in [1.54, 1.807) is 0 Å². The second kappa shape index (κ2) is 7.20. The van der Waals surface area contributed by atoms with Gasteiger partial charge in [-0.05, 0) is 13.3 Å². The topological polar surface area (TPSA) is 79.2 Å². The third kappa shape index (κ3) is 6.30. The van der Waals surface area contributed by atoms with Crippen LogP contribution in [0.25, 0.3) is 0 Å². The predicted molar refractivity (Wildman–Crippen MR) is 52.5 cm³/mol. The summed E-state index contributed by atoms with van der Waals surface area (Å²) < 4.78 is 4.64. The Bertz CT molecular complexity index is 216. The zero-order valence-electron chi connectivity index (χ0n) is 8.50. The average Bonchev–Trinajstić information content (AvgIpc) is 2.14. The summed E-state index contributed by atoms with van der Waals surface area (Å²) in [6, 6.07) is -0.0680. The first-order valence-corrected chi connectivity index (χ1v) is 4.41. The van der Waals surface area contributed by atoms with Crippen LogP contribution >= 0.6 is 0 Å². The monoisotopic (exact) mass is 200 g/mol. The van der Waals surface area contributed by atoms with Crippen molar-refractivity contribution in [2.45, 2.75) is 25.8 Å². The van der Waals surface area contributed by atoms with Crippen LogP contribution in [0.2, 0.25) is 0 Å². The minimum absolute atomic E-state index is 0.0306. The van der Waals surface area contributed by atoms with E-state index < -0.39 is 0 Å². The van der Waals surface area contributed by atoms with E-state index in [0.29, 0.717) is 6.42 Å². The summed E-state index contributed by atoms with van der Waals surface area (Å²) in [7, 11) is 1.45. The second-order valence-electron chi connectivity index (χ2n) is 3.05. The highest BCUT2D eigenvalue weighted by Crippen LogP contribution is 1.96. The van der Waals surface area contributed by atoms with E-state index >= 15 is 0 Å². The molecule has 5 nitrogen and oxygen atoms in total. The molecule has 0 aromatic heterocycles. The molecular weight excluding hydrogens is 184 g/mol. The highest BCUT2D eigenvalue weighted by molar-refractivity contribution is 6.26. The zero-order valence-corrected chi connectivity index (χ0v) is 8.50. The Balaban J connectivity index is 3.64. The Hall–Kier alpha value is -1.23. The Morgan fingerprint density at radius 1 is 1.57 bits per heavy atom. The van der Waals surface area contributed by atoms with E-state index in [9.17, 15) is 9.59 Å². The number of hydrogen-bond acceptors (Lipinski definition) is 4. The van der Waals surface area contributed by atoms with Crippen LogP contribution in [0.5, 0.6) is 0 Å². The number of methoxy groups -OCH3 is 1. The molecule has 0 saturated carbocycles. The normalized spacial score (nSPS) is 11.9. The van der Waals surface area contributed by atoms with Crippen LogP contribution in [0.1, 0.15) is 19.8 Å². The van der Waals surface area contributed by atoms with Crippen molar-refractivity contribution < 1.29 is 14.3 Å². The Morgan fingerprint density at radius 3 is 2.71 bits per heavy atom. The van der Waals surface area contributed by atoms with Crippen molar-refractivity contribution in [3.63, 3.8) is 0 Å². The van der Waals surface area contributed by atoms with Gasteiger partial charge in [-0.25, -0.2) is 0 Å². The maximum absolute atomic E-state index is 11.0. The van der Waals surface area contributed by atoms with E-state index in [0.717, 1.165) is 6.21 Å². The summed E-state index contributed by atoms with van der Waals surface area (Å²) in [5.41, 5.74) is 0. The van der Waals surface area contributed by atoms with Crippen molar-refractivity contribution in [1.82, 2.24) is 5.32 Å². The van der Waals surface area contributed by atoms with Gasteiger partial charge in [-0.3, -0.25) is 9.59 Å². The largest absolute Gasteiger partial charge is 0.375 e. The molecule has 0 fully saturated rings. The molecule has 0 spiro atoms.